The molecular formula is C12H19NO. The number of anilines is 1. The summed E-state index contributed by atoms with van der Waals surface area (Å²) < 4.78 is 5.07. The lowest BCUT2D eigenvalue weighted by atomic mass is 10.1. The molecule has 0 amide bonds. The lowest BCUT2D eigenvalue weighted by molar-refractivity contribution is 0.190. The highest BCUT2D eigenvalue weighted by atomic mass is 16.5. The van der Waals surface area contributed by atoms with Crippen LogP contribution in [0.25, 0.3) is 0 Å². The first-order valence-electron chi connectivity index (χ1n) is 5.10. The third kappa shape index (κ3) is 3.38. The average molecular weight is 193 g/mol. The van der Waals surface area contributed by atoms with Crippen molar-refractivity contribution < 1.29 is 4.74 Å². The van der Waals surface area contributed by atoms with Crippen molar-refractivity contribution in [1.82, 2.24) is 0 Å². The Morgan fingerprint density at radius 2 is 2.21 bits per heavy atom. The van der Waals surface area contributed by atoms with E-state index in [1.807, 2.05) is 0 Å². The van der Waals surface area contributed by atoms with Crippen LogP contribution in [0.5, 0.6) is 0 Å². The number of nitrogens with one attached hydrogen (secondary N) is 1. The smallest absolute Gasteiger partial charge is 0.0661 e. The van der Waals surface area contributed by atoms with Crippen LogP contribution in [0.15, 0.2) is 24.3 Å². The Morgan fingerprint density at radius 3 is 2.86 bits per heavy atom. The second kappa shape index (κ2) is 5.66. The van der Waals surface area contributed by atoms with Crippen LogP contribution in [0.4, 0.5) is 5.69 Å². The molecule has 0 fully saturated rings. The predicted octanol–water partition coefficient (Wildman–Crippen LogP) is 2.70. The van der Waals surface area contributed by atoms with Crippen molar-refractivity contribution >= 4 is 5.69 Å². The van der Waals surface area contributed by atoms with E-state index < -0.39 is 0 Å². The van der Waals surface area contributed by atoms with Crippen LogP contribution in [-0.2, 0) is 11.2 Å². The van der Waals surface area contributed by atoms with E-state index in [4.69, 9.17) is 4.74 Å². The maximum atomic E-state index is 5.07. The van der Waals surface area contributed by atoms with Crippen molar-refractivity contribution in [3.63, 3.8) is 0 Å². The van der Waals surface area contributed by atoms with Crippen LogP contribution >= 0.6 is 0 Å². The van der Waals surface area contributed by atoms with E-state index in [1.54, 1.807) is 7.11 Å². The fourth-order valence-electron chi connectivity index (χ4n) is 1.46. The maximum Gasteiger partial charge on any atom is 0.0661 e. The molecule has 1 atom stereocenters. The Hall–Kier alpha value is -1.02. The molecule has 0 heterocycles. The molecule has 0 bridgehead atoms. The minimum atomic E-state index is 0.354. The van der Waals surface area contributed by atoms with E-state index in [1.165, 1.54) is 11.3 Å². The Kier molecular flexibility index (Phi) is 4.47. The average Bonchev–Trinajstić information content (AvgIpc) is 2.18. The monoisotopic (exact) mass is 193 g/mol. The summed E-state index contributed by atoms with van der Waals surface area (Å²) in [5.41, 5.74) is 2.54. The molecule has 0 saturated heterocycles. The Bertz CT molecular complexity index is 273. The lowest BCUT2D eigenvalue weighted by Crippen LogP contribution is -2.20. The van der Waals surface area contributed by atoms with E-state index in [9.17, 15) is 0 Å². The van der Waals surface area contributed by atoms with Crippen LogP contribution in [0, 0.1) is 0 Å². The molecule has 0 aliphatic rings. The molecule has 0 aliphatic carbocycles. The van der Waals surface area contributed by atoms with Crippen molar-refractivity contribution in [2.45, 2.75) is 26.3 Å². The fraction of sp³-hybridized carbons (Fsp3) is 0.500. The molecule has 1 N–H and O–H groups in total. The molecule has 0 radical (unpaired) electrons. The second-order valence-corrected chi connectivity index (χ2v) is 3.55. The zero-order valence-electron chi connectivity index (χ0n) is 9.21. The van der Waals surface area contributed by atoms with Crippen molar-refractivity contribution in [3.8, 4) is 0 Å². The van der Waals surface area contributed by atoms with Crippen LogP contribution < -0.4 is 5.32 Å². The number of ether oxygens (including phenoxy) is 1. The zero-order valence-corrected chi connectivity index (χ0v) is 9.21. The second-order valence-electron chi connectivity index (χ2n) is 3.55. The van der Waals surface area contributed by atoms with Gasteiger partial charge >= 0.3 is 0 Å². The van der Waals surface area contributed by atoms with E-state index in [0.717, 1.165) is 13.0 Å². The molecule has 14 heavy (non-hydrogen) atoms. The summed E-state index contributed by atoms with van der Waals surface area (Å²) in [6.45, 7) is 5.01. The molecule has 2 nitrogen and oxygen atoms in total. The molecule has 1 aromatic carbocycles. The molecule has 2 heteroatoms. The first-order valence-corrected chi connectivity index (χ1v) is 5.10. The number of rotatable bonds is 5. The van der Waals surface area contributed by atoms with Gasteiger partial charge in [0.2, 0.25) is 0 Å². The van der Waals surface area contributed by atoms with Gasteiger partial charge < -0.3 is 10.1 Å². The van der Waals surface area contributed by atoms with Crippen molar-refractivity contribution in [2.75, 3.05) is 19.0 Å². The van der Waals surface area contributed by atoms with E-state index in [2.05, 4.69) is 43.4 Å². The number of benzene rings is 1. The van der Waals surface area contributed by atoms with Crippen molar-refractivity contribution in [3.05, 3.63) is 29.8 Å². The van der Waals surface area contributed by atoms with Gasteiger partial charge in [0, 0.05) is 18.8 Å². The van der Waals surface area contributed by atoms with E-state index in [0.29, 0.717) is 6.04 Å². The number of hydrogen-bond donors (Lipinski definition) is 1. The SMILES string of the molecule is CCc1cccc(N[C@@H](C)COC)c1. The molecule has 0 unspecified atom stereocenters. The van der Waals surface area contributed by atoms with Crippen LogP contribution in [0.3, 0.4) is 0 Å². The number of hydrogen-bond acceptors (Lipinski definition) is 2. The van der Waals surface area contributed by atoms with Crippen molar-refractivity contribution in [1.29, 1.82) is 0 Å². The third-order valence-electron chi connectivity index (χ3n) is 2.16. The minimum absolute atomic E-state index is 0.354. The number of methoxy groups -OCH3 is 1. The predicted molar refractivity (Wildman–Crippen MR) is 60.8 cm³/mol. The molecule has 0 aliphatic heterocycles. The van der Waals surface area contributed by atoms with Gasteiger partial charge in [0.15, 0.2) is 0 Å². The van der Waals surface area contributed by atoms with Gasteiger partial charge in [-0.2, -0.15) is 0 Å². The van der Waals surface area contributed by atoms with Gasteiger partial charge in [-0.15, -0.1) is 0 Å². The van der Waals surface area contributed by atoms with E-state index in [-0.39, 0.29) is 0 Å². The topological polar surface area (TPSA) is 21.3 Å². The third-order valence-corrected chi connectivity index (χ3v) is 2.16. The van der Waals surface area contributed by atoms with Crippen LogP contribution in [0.1, 0.15) is 19.4 Å². The van der Waals surface area contributed by atoms with Gasteiger partial charge in [-0.05, 0) is 31.0 Å². The summed E-state index contributed by atoms with van der Waals surface area (Å²) in [5.74, 6) is 0. The lowest BCUT2D eigenvalue weighted by Gasteiger charge is -2.14. The summed E-state index contributed by atoms with van der Waals surface area (Å²) in [5, 5.41) is 3.39. The highest BCUT2D eigenvalue weighted by Crippen LogP contribution is 2.12. The normalized spacial score (nSPS) is 12.5. The Morgan fingerprint density at radius 1 is 1.43 bits per heavy atom. The fourth-order valence-corrected chi connectivity index (χ4v) is 1.46. The zero-order chi connectivity index (χ0) is 10.4. The molecule has 0 spiro atoms. The van der Waals surface area contributed by atoms with Gasteiger partial charge in [0.25, 0.3) is 0 Å². The van der Waals surface area contributed by atoms with Crippen LogP contribution in [0.2, 0.25) is 0 Å². The first-order chi connectivity index (χ1) is 6.76. The van der Waals surface area contributed by atoms with Gasteiger partial charge in [0.05, 0.1) is 6.61 Å². The summed E-state index contributed by atoms with van der Waals surface area (Å²) >= 11 is 0. The molecular weight excluding hydrogens is 174 g/mol. The van der Waals surface area contributed by atoms with Gasteiger partial charge in [0.1, 0.15) is 0 Å². The summed E-state index contributed by atoms with van der Waals surface area (Å²) in [6.07, 6.45) is 1.08. The van der Waals surface area contributed by atoms with Gasteiger partial charge in [-0.3, -0.25) is 0 Å². The van der Waals surface area contributed by atoms with Crippen molar-refractivity contribution in [2.24, 2.45) is 0 Å². The summed E-state index contributed by atoms with van der Waals surface area (Å²) in [7, 11) is 1.72. The van der Waals surface area contributed by atoms with Crippen LogP contribution in [-0.4, -0.2) is 19.8 Å². The maximum absolute atomic E-state index is 5.07. The Labute approximate surface area is 86.3 Å². The Balaban J connectivity index is 2.57. The quantitative estimate of drug-likeness (QED) is 0.776. The summed E-state index contributed by atoms with van der Waals surface area (Å²) in [6, 6.07) is 8.86. The molecule has 1 rings (SSSR count). The highest BCUT2D eigenvalue weighted by Gasteiger charge is 2.00. The molecule has 1 aromatic rings. The first kappa shape index (κ1) is 11.1. The molecule has 0 saturated carbocycles. The molecule has 0 aromatic heterocycles. The summed E-state index contributed by atoms with van der Waals surface area (Å²) in [4.78, 5) is 0. The number of aryl methyl sites for hydroxylation is 1. The van der Waals surface area contributed by atoms with Gasteiger partial charge in [-0.25, -0.2) is 0 Å². The molecule has 78 valence electrons. The van der Waals surface area contributed by atoms with E-state index >= 15 is 0 Å². The van der Waals surface area contributed by atoms with Gasteiger partial charge in [-0.1, -0.05) is 19.1 Å². The minimum Gasteiger partial charge on any atom is -0.383 e. The highest BCUT2D eigenvalue weighted by molar-refractivity contribution is 5.46. The largest absolute Gasteiger partial charge is 0.383 e. The standard InChI is InChI=1S/C12H19NO/c1-4-11-6-5-7-12(8-11)13-10(2)9-14-3/h5-8,10,13H,4,9H2,1-3H3/t10-/m0/s1.